The lowest BCUT2D eigenvalue weighted by molar-refractivity contribution is -0.131. The summed E-state index contributed by atoms with van der Waals surface area (Å²) in [4.78, 5) is 20.3. The molecule has 0 aliphatic rings. The van der Waals surface area contributed by atoms with E-state index in [4.69, 9.17) is 0 Å². The van der Waals surface area contributed by atoms with Crippen LogP contribution < -0.4 is 0 Å². The van der Waals surface area contributed by atoms with Gasteiger partial charge in [0.25, 0.3) is 0 Å². The number of carbonyl (C=O) groups is 1. The second-order valence-corrected chi connectivity index (χ2v) is 7.27. The molecule has 0 aromatic carbocycles. The molecule has 0 bridgehead atoms. The standard InChI is InChI=1S/C16H36N4O/c1-14(2)19(8)11-10-18(7)13-16(3,4)20(9)12-15(21)17(5)6/h14H,10-13H2,1-9H3. The molecule has 21 heavy (non-hydrogen) atoms. The topological polar surface area (TPSA) is 30.0 Å². The molecule has 0 radical (unpaired) electrons. The van der Waals surface area contributed by atoms with Crippen LogP contribution in [0.1, 0.15) is 27.7 Å². The van der Waals surface area contributed by atoms with Crippen LogP contribution >= 0.6 is 0 Å². The molecule has 0 aliphatic carbocycles. The van der Waals surface area contributed by atoms with Crippen molar-refractivity contribution in [1.82, 2.24) is 19.6 Å². The highest BCUT2D eigenvalue weighted by Crippen LogP contribution is 2.13. The smallest absolute Gasteiger partial charge is 0.236 e. The van der Waals surface area contributed by atoms with Gasteiger partial charge in [-0.05, 0) is 48.8 Å². The first-order valence-electron chi connectivity index (χ1n) is 7.77. The molecule has 0 rings (SSSR count). The third-order valence-electron chi connectivity index (χ3n) is 4.28. The Labute approximate surface area is 131 Å². The molecular weight excluding hydrogens is 264 g/mol. The minimum absolute atomic E-state index is 0.0309. The number of likely N-dealkylation sites (N-methyl/N-ethyl adjacent to an activating group) is 4. The summed E-state index contributed by atoms with van der Waals surface area (Å²) in [6, 6.07) is 0.576. The van der Waals surface area contributed by atoms with Crippen molar-refractivity contribution < 1.29 is 4.79 Å². The Bertz CT molecular complexity index is 315. The Morgan fingerprint density at radius 3 is 1.95 bits per heavy atom. The molecule has 126 valence electrons. The average molecular weight is 300 g/mol. The van der Waals surface area contributed by atoms with Crippen molar-refractivity contribution in [3.05, 3.63) is 0 Å². The first-order valence-corrected chi connectivity index (χ1v) is 7.77. The van der Waals surface area contributed by atoms with Crippen LogP contribution in [0, 0.1) is 0 Å². The Kier molecular flexibility index (Phi) is 8.44. The van der Waals surface area contributed by atoms with E-state index in [0.29, 0.717) is 12.6 Å². The summed E-state index contributed by atoms with van der Waals surface area (Å²) in [6.45, 7) is 12.3. The summed E-state index contributed by atoms with van der Waals surface area (Å²) in [5.74, 6) is 0.146. The molecule has 0 saturated heterocycles. The normalized spacial score (nSPS) is 12.8. The van der Waals surface area contributed by atoms with Crippen molar-refractivity contribution >= 4 is 5.91 Å². The van der Waals surface area contributed by atoms with Crippen LogP contribution in [0.25, 0.3) is 0 Å². The van der Waals surface area contributed by atoms with Crippen molar-refractivity contribution in [2.45, 2.75) is 39.3 Å². The Hall–Kier alpha value is -0.650. The molecule has 0 fully saturated rings. The van der Waals surface area contributed by atoms with Gasteiger partial charge < -0.3 is 14.7 Å². The van der Waals surface area contributed by atoms with E-state index in [9.17, 15) is 4.79 Å². The van der Waals surface area contributed by atoms with Crippen molar-refractivity contribution in [1.29, 1.82) is 0 Å². The highest BCUT2D eigenvalue weighted by Gasteiger charge is 2.27. The molecule has 0 N–H and O–H groups in total. The van der Waals surface area contributed by atoms with Crippen LogP contribution in [-0.4, -0.2) is 98.5 Å². The third-order valence-corrected chi connectivity index (χ3v) is 4.28. The van der Waals surface area contributed by atoms with E-state index in [-0.39, 0.29) is 11.4 Å². The number of hydrogen-bond acceptors (Lipinski definition) is 4. The monoisotopic (exact) mass is 300 g/mol. The molecule has 5 nitrogen and oxygen atoms in total. The molecule has 0 atom stereocenters. The minimum atomic E-state index is -0.0309. The average Bonchev–Trinajstić information content (AvgIpc) is 2.34. The zero-order chi connectivity index (χ0) is 16.8. The molecule has 0 heterocycles. The van der Waals surface area contributed by atoms with Gasteiger partial charge in [-0.2, -0.15) is 0 Å². The van der Waals surface area contributed by atoms with Gasteiger partial charge >= 0.3 is 0 Å². The summed E-state index contributed by atoms with van der Waals surface area (Å²) in [6.07, 6.45) is 0. The molecule has 0 spiro atoms. The van der Waals surface area contributed by atoms with Crippen molar-refractivity contribution in [2.24, 2.45) is 0 Å². The molecule has 1 amide bonds. The zero-order valence-electron chi connectivity index (χ0n) is 15.6. The zero-order valence-corrected chi connectivity index (χ0v) is 15.6. The Balaban J connectivity index is 4.34. The van der Waals surface area contributed by atoms with Crippen LogP contribution in [0.15, 0.2) is 0 Å². The van der Waals surface area contributed by atoms with Crippen molar-refractivity contribution in [2.75, 3.05) is 61.4 Å². The largest absolute Gasteiger partial charge is 0.348 e. The van der Waals surface area contributed by atoms with E-state index < -0.39 is 0 Å². The van der Waals surface area contributed by atoms with Crippen molar-refractivity contribution in [3.8, 4) is 0 Å². The van der Waals surface area contributed by atoms with Gasteiger partial charge in [-0.15, -0.1) is 0 Å². The Morgan fingerprint density at radius 2 is 1.52 bits per heavy atom. The number of hydrogen-bond donors (Lipinski definition) is 0. The fourth-order valence-corrected chi connectivity index (χ4v) is 2.01. The summed E-state index contributed by atoms with van der Waals surface area (Å²) in [7, 11) is 9.94. The second-order valence-electron chi connectivity index (χ2n) is 7.27. The SMILES string of the molecule is CC(C)N(C)CCN(C)CC(C)(C)N(C)CC(=O)N(C)C. The molecular formula is C16H36N4O. The lowest BCUT2D eigenvalue weighted by Gasteiger charge is -2.39. The van der Waals surface area contributed by atoms with Crippen LogP contribution in [-0.2, 0) is 4.79 Å². The van der Waals surface area contributed by atoms with Crippen LogP contribution in [0.2, 0.25) is 0 Å². The molecule has 0 aromatic heterocycles. The highest BCUT2D eigenvalue weighted by molar-refractivity contribution is 5.77. The summed E-state index contributed by atoms with van der Waals surface area (Å²) in [5.41, 5.74) is -0.0309. The quantitative estimate of drug-likeness (QED) is 0.637. The molecule has 0 aliphatic heterocycles. The maximum atomic E-state index is 11.8. The molecule has 0 saturated carbocycles. The molecule has 5 heteroatoms. The van der Waals surface area contributed by atoms with Crippen LogP contribution in [0.5, 0.6) is 0 Å². The number of rotatable bonds is 9. The van der Waals surface area contributed by atoms with Gasteiger partial charge in [0.05, 0.1) is 6.54 Å². The maximum Gasteiger partial charge on any atom is 0.236 e. The van der Waals surface area contributed by atoms with Gasteiger partial charge in [-0.3, -0.25) is 9.69 Å². The van der Waals surface area contributed by atoms with E-state index in [2.05, 4.69) is 56.5 Å². The molecule has 0 unspecified atom stereocenters. The molecule has 0 aromatic rings. The van der Waals surface area contributed by atoms with Gasteiger partial charge in [-0.1, -0.05) is 0 Å². The second kappa shape index (κ2) is 8.71. The first kappa shape index (κ1) is 20.3. The van der Waals surface area contributed by atoms with Gasteiger partial charge in [0.15, 0.2) is 0 Å². The summed E-state index contributed by atoms with van der Waals surface area (Å²) < 4.78 is 0. The fraction of sp³-hybridized carbons (Fsp3) is 0.938. The van der Waals surface area contributed by atoms with E-state index in [1.807, 2.05) is 7.05 Å². The van der Waals surface area contributed by atoms with E-state index in [0.717, 1.165) is 19.6 Å². The maximum absolute atomic E-state index is 11.8. The first-order chi connectivity index (χ1) is 9.47. The van der Waals surface area contributed by atoms with E-state index >= 15 is 0 Å². The lowest BCUT2D eigenvalue weighted by atomic mass is 10.0. The van der Waals surface area contributed by atoms with Crippen molar-refractivity contribution in [3.63, 3.8) is 0 Å². The number of carbonyl (C=O) groups excluding carboxylic acids is 1. The number of amides is 1. The van der Waals surface area contributed by atoms with E-state index in [1.54, 1.807) is 19.0 Å². The summed E-state index contributed by atoms with van der Waals surface area (Å²) in [5, 5.41) is 0. The highest BCUT2D eigenvalue weighted by atomic mass is 16.2. The van der Waals surface area contributed by atoms with Crippen LogP contribution in [0.3, 0.4) is 0 Å². The number of nitrogens with zero attached hydrogens (tertiary/aromatic N) is 4. The van der Waals surface area contributed by atoms with Gasteiger partial charge in [0.1, 0.15) is 0 Å². The fourth-order valence-electron chi connectivity index (χ4n) is 2.01. The van der Waals surface area contributed by atoms with Gasteiger partial charge in [0.2, 0.25) is 5.91 Å². The predicted octanol–water partition coefficient (Wildman–Crippen LogP) is 1.06. The predicted molar refractivity (Wildman–Crippen MR) is 90.7 cm³/mol. The minimum Gasteiger partial charge on any atom is -0.348 e. The van der Waals surface area contributed by atoms with Crippen LogP contribution in [0.4, 0.5) is 0 Å². The third kappa shape index (κ3) is 7.79. The Morgan fingerprint density at radius 1 is 1.00 bits per heavy atom. The van der Waals surface area contributed by atoms with E-state index in [1.165, 1.54) is 0 Å². The summed E-state index contributed by atoms with van der Waals surface area (Å²) >= 11 is 0. The van der Waals surface area contributed by atoms with Gasteiger partial charge in [-0.25, -0.2) is 0 Å². The lowest BCUT2D eigenvalue weighted by Crippen LogP contribution is -2.52. The van der Waals surface area contributed by atoms with Gasteiger partial charge in [0, 0.05) is 45.3 Å².